The van der Waals surface area contributed by atoms with Gasteiger partial charge in [-0.2, -0.15) is 10.4 Å². The van der Waals surface area contributed by atoms with Crippen LogP contribution in [-0.2, 0) is 4.79 Å². The van der Waals surface area contributed by atoms with Crippen LogP contribution < -0.4 is 15.8 Å². The number of hydrogen-bond donors (Lipinski definition) is 2. The fourth-order valence-corrected chi connectivity index (χ4v) is 4.43. The third-order valence-electron chi connectivity index (χ3n) is 6.65. The number of nitrogens with two attached hydrogens (primary N) is 1. The van der Waals surface area contributed by atoms with Crippen molar-refractivity contribution in [2.24, 2.45) is 17.1 Å². The highest BCUT2D eigenvalue weighted by atomic mass is 16.5. The van der Waals surface area contributed by atoms with Gasteiger partial charge in [-0.05, 0) is 24.8 Å². The molecule has 1 aliphatic heterocycles. The summed E-state index contributed by atoms with van der Waals surface area (Å²) in [4.78, 5) is 35.1. The molecule has 3 aromatic rings. The Bertz CT molecular complexity index is 1320. The first-order chi connectivity index (χ1) is 16.3. The van der Waals surface area contributed by atoms with E-state index in [0.29, 0.717) is 37.1 Å². The number of ether oxygens (including phenoxy) is 1. The Balaban J connectivity index is 1.47. The average Bonchev–Trinajstić information content (AvgIpc) is 3.39. The Morgan fingerprint density at radius 2 is 1.97 bits per heavy atom. The molecule has 174 valence electrons. The lowest BCUT2D eigenvalue weighted by molar-refractivity contribution is -0.134. The number of nitrogens with one attached hydrogen (secondary N) is 1. The molecule has 1 aliphatic carbocycles. The molecule has 1 saturated heterocycles. The van der Waals surface area contributed by atoms with Gasteiger partial charge < -0.3 is 20.7 Å². The van der Waals surface area contributed by atoms with E-state index in [2.05, 4.69) is 26.5 Å². The van der Waals surface area contributed by atoms with E-state index in [1.165, 1.54) is 13.3 Å². The van der Waals surface area contributed by atoms with Gasteiger partial charge in [-0.15, -0.1) is 0 Å². The van der Waals surface area contributed by atoms with Gasteiger partial charge in [0.1, 0.15) is 5.41 Å². The highest BCUT2D eigenvalue weighted by Gasteiger charge is 2.54. The average molecular weight is 460 g/mol. The quantitative estimate of drug-likeness (QED) is 0.561. The first-order valence-electron chi connectivity index (χ1n) is 11.0. The maximum Gasteiger partial charge on any atom is 0.316 e. The number of likely N-dealkylation sites (tertiary alicyclic amines) is 1. The number of rotatable bonds is 6. The van der Waals surface area contributed by atoms with Gasteiger partial charge in [0.15, 0.2) is 0 Å². The molecule has 3 aromatic heterocycles. The zero-order valence-electron chi connectivity index (χ0n) is 18.9. The topological polar surface area (TPSA) is 152 Å². The van der Waals surface area contributed by atoms with Gasteiger partial charge >= 0.3 is 6.01 Å². The summed E-state index contributed by atoms with van der Waals surface area (Å²) in [5.74, 6) is -0.601. The van der Waals surface area contributed by atoms with Crippen LogP contribution in [0.4, 0.5) is 5.69 Å². The number of carbonyl (C=O) groups excluding carboxylic acids is 2. The minimum Gasteiger partial charge on any atom is -0.467 e. The van der Waals surface area contributed by atoms with Crippen molar-refractivity contribution in [3.05, 3.63) is 36.4 Å². The molecule has 2 aliphatic rings. The molecule has 3 N–H and O–H groups in total. The van der Waals surface area contributed by atoms with E-state index in [4.69, 9.17) is 10.5 Å². The van der Waals surface area contributed by atoms with Gasteiger partial charge in [0, 0.05) is 48.8 Å². The van der Waals surface area contributed by atoms with Crippen LogP contribution in [0.25, 0.3) is 16.6 Å². The summed E-state index contributed by atoms with van der Waals surface area (Å²) >= 11 is 0. The van der Waals surface area contributed by atoms with E-state index in [1.54, 1.807) is 21.8 Å². The largest absolute Gasteiger partial charge is 0.467 e. The van der Waals surface area contributed by atoms with Crippen LogP contribution in [0.1, 0.15) is 30.1 Å². The van der Waals surface area contributed by atoms with Crippen LogP contribution >= 0.6 is 0 Å². The number of carbonyl (C=O) groups is 2. The lowest BCUT2D eigenvalue weighted by atomic mass is 10.1. The molecule has 0 radical (unpaired) electrons. The standard InChI is InChI=1S/C23H24N8O3/c1-13-9-30(21(33)23(12-24)3-4-23)11-17(13)29-19-16(20(25)32)8-28-31-10-14(5-18(19)31)15-6-26-22(34-2)27-7-15/h5-8,10,13,17,29H,3-4,9,11H2,1-2H3,(H2,25,32)/t13-,17+/m0/s1. The highest BCUT2D eigenvalue weighted by Crippen LogP contribution is 2.47. The molecule has 0 spiro atoms. The van der Waals surface area contributed by atoms with Gasteiger partial charge in [0.2, 0.25) is 5.91 Å². The molecule has 2 amide bonds. The Labute approximate surface area is 195 Å². The third kappa shape index (κ3) is 3.57. The number of fused-ring (bicyclic) bond motifs is 1. The van der Waals surface area contributed by atoms with E-state index in [-0.39, 0.29) is 29.4 Å². The molecular formula is C23H24N8O3. The number of aromatic nitrogens is 4. The van der Waals surface area contributed by atoms with E-state index >= 15 is 0 Å². The molecule has 5 rings (SSSR count). The van der Waals surface area contributed by atoms with E-state index < -0.39 is 11.3 Å². The summed E-state index contributed by atoms with van der Waals surface area (Å²) in [5, 5.41) is 17.2. The van der Waals surface area contributed by atoms with Crippen molar-refractivity contribution in [2.75, 3.05) is 25.5 Å². The Morgan fingerprint density at radius 3 is 2.59 bits per heavy atom. The summed E-state index contributed by atoms with van der Waals surface area (Å²) < 4.78 is 6.68. The predicted molar refractivity (Wildman–Crippen MR) is 122 cm³/mol. The van der Waals surface area contributed by atoms with Gasteiger partial charge in [-0.25, -0.2) is 14.5 Å². The molecule has 2 atom stereocenters. The van der Waals surface area contributed by atoms with Gasteiger partial charge in [-0.1, -0.05) is 6.92 Å². The summed E-state index contributed by atoms with van der Waals surface area (Å²) in [6.07, 6.45) is 7.77. The maximum atomic E-state index is 12.9. The van der Waals surface area contributed by atoms with Crippen molar-refractivity contribution in [1.82, 2.24) is 24.5 Å². The van der Waals surface area contributed by atoms with Crippen LogP contribution in [0, 0.1) is 22.7 Å². The molecule has 0 bridgehead atoms. The van der Waals surface area contributed by atoms with E-state index in [1.807, 2.05) is 19.2 Å². The van der Waals surface area contributed by atoms with Crippen LogP contribution in [0.15, 0.2) is 30.9 Å². The summed E-state index contributed by atoms with van der Waals surface area (Å²) in [6, 6.07) is 4.21. The summed E-state index contributed by atoms with van der Waals surface area (Å²) in [6.45, 7) is 3.02. The van der Waals surface area contributed by atoms with Crippen LogP contribution in [0.3, 0.4) is 0 Å². The molecule has 2 fully saturated rings. The van der Waals surface area contributed by atoms with Gasteiger partial charge in [-0.3, -0.25) is 9.59 Å². The number of nitrogens with zero attached hydrogens (tertiary/aromatic N) is 6. The molecule has 0 aromatic carbocycles. The number of amides is 2. The van der Waals surface area contributed by atoms with Crippen molar-refractivity contribution < 1.29 is 14.3 Å². The number of primary amides is 1. The minimum atomic E-state index is -0.853. The first kappa shape index (κ1) is 21.6. The Kier molecular flexibility index (Phi) is 5.08. The number of anilines is 1. The third-order valence-corrected chi connectivity index (χ3v) is 6.65. The van der Waals surface area contributed by atoms with Crippen molar-refractivity contribution in [3.8, 4) is 23.2 Å². The smallest absolute Gasteiger partial charge is 0.316 e. The second kappa shape index (κ2) is 7.98. The van der Waals surface area contributed by atoms with Crippen LogP contribution in [-0.4, -0.2) is 62.5 Å². The monoisotopic (exact) mass is 460 g/mol. The molecule has 0 unspecified atom stereocenters. The number of methoxy groups -OCH3 is 1. The fraction of sp³-hybridized carbons (Fsp3) is 0.391. The van der Waals surface area contributed by atoms with E-state index in [9.17, 15) is 14.9 Å². The number of hydrogen-bond acceptors (Lipinski definition) is 8. The summed E-state index contributed by atoms with van der Waals surface area (Å²) in [5.41, 5.74) is 7.85. The normalized spacial score (nSPS) is 20.7. The SMILES string of the molecule is COc1ncc(-c2cc3c(N[C@@H]4CN(C(=O)C5(C#N)CC5)C[C@@H]4C)c(C(N)=O)cnn3c2)cn1. The van der Waals surface area contributed by atoms with Crippen molar-refractivity contribution in [1.29, 1.82) is 5.26 Å². The van der Waals surface area contributed by atoms with Crippen molar-refractivity contribution in [2.45, 2.75) is 25.8 Å². The molecular weight excluding hydrogens is 436 g/mol. The predicted octanol–water partition coefficient (Wildman–Crippen LogP) is 1.46. The first-order valence-corrected chi connectivity index (χ1v) is 11.0. The molecule has 11 heteroatoms. The maximum absolute atomic E-state index is 12.9. The minimum absolute atomic E-state index is 0.106. The zero-order chi connectivity index (χ0) is 24.0. The number of nitriles is 1. The van der Waals surface area contributed by atoms with Crippen molar-refractivity contribution in [3.63, 3.8) is 0 Å². The lowest BCUT2D eigenvalue weighted by Gasteiger charge is -2.21. The van der Waals surface area contributed by atoms with Gasteiger partial charge in [0.05, 0.1) is 36.1 Å². The van der Waals surface area contributed by atoms with Crippen LogP contribution in [0.5, 0.6) is 6.01 Å². The second-order valence-electron chi connectivity index (χ2n) is 8.95. The molecule has 11 nitrogen and oxygen atoms in total. The summed E-state index contributed by atoms with van der Waals surface area (Å²) in [7, 11) is 1.50. The van der Waals surface area contributed by atoms with E-state index in [0.717, 1.165) is 11.1 Å². The molecule has 34 heavy (non-hydrogen) atoms. The lowest BCUT2D eigenvalue weighted by Crippen LogP contribution is -2.36. The molecule has 1 saturated carbocycles. The Hall–Kier alpha value is -4.20. The second-order valence-corrected chi connectivity index (χ2v) is 8.95. The fourth-order valence-electron chi connectivity index (χ4n) is 4.43. The van der Waals surface area contributed by atoms with Crippen molar-refractivity contribution >= 4 is 23.0 Å². The zero-order valence-corrected chi connectivity index (χ0v) is 18.9. The highest BCUT2D eigenvalue weighted by molar-refractivity contribution is 6.02. The molecule has 4 heterocycles. The van der Waals surface area contributed by atoms with Gasteiger partial charge in [0.25, 0.3) is 5.91 Å². The Morgan fingerprint density at radius 1 is 1.24 bits per heavy atom. The van der Waals surface area contributed by atoms with Crippen LogP contribution in [0.2, 0.25) is 0 Å².